The predicted octanol–water partition coefficient (Wildman–Crippen LogP) is 6.29. The van der Waals surface area contributed by atoms with E-state index in [1.165, 1.54) is 0 Å². The maximum Gasteiger partial charge on any atom is 0.260 e. The van der Waals surface area contributed by atoms with E-state index in [-0.39, 0.29) is 5.91 Å². The number of aromatic nitrogens is 2. The lowest BCUT2D eigenvalue weighted by atomic mass is 9.87. The summed E-state index contributed by atoms with van der Waals surface area (Å²) in [5.74, 6) is 0.572. The Morgan fingerprint density at radius 3 is 2.36 bits per heavy atom. The van der Waals surface area contributed by atoms with Crippen LogP contribution in [0, 0.1) is 6.92 Å². The SMILES string of the molecule is CCC1(Cc2ccc(Br)cc2)C(=O)N(c2cc(Cl)cc(Cl)c2)c2ncc(C)n21. The van der Waals surface area contributed by atoms with Crippen molar-refractivity contribution in [3.8, 4) is 0 Å². The first-order valence-electron chi connectivity index (χ1n) is 8.95. The molecule has 3 aromatic rings. The number of amides is 1. The normalized spacial score (nSPS) is 18.6. The van der Waals surface area contributed by atoms with Gasteiger partial charge in [-0.25, -0.2) is 9.88 Å². The quantitative estimate of drug-likeness (QED) is 0.442. The lowest BCUT2D eigenvalue weighted by Gasteiger charge is -2.29. The number of rotatable bonds is 4. The minimum absolute atomic E-state index is 0.0255. The average molecular weight is 479 g/mol. The summed E-state index contributed by atoms with van der Waals surface area (Å²) in [5, 5.41) is 0.957. The molecule has 0 spiro atoms. The van der Waals surface area contributed by atoms with E-state index in [2.05, 4.69) is 20.9 Å². The van der Waals surface area contributed by atoms with Gasteiger partial charge < -0.3 is 0 Å². The van der Waals surface area contributed by atoms with Crippen LogP contribution in [0.25, 0.3) is 0 Å². The highest BCUT2D eigenvalue weighted by atomic mass is 79.9. The first-order valence-corrected chi connectivity index (χ1v) is 10.5. The van der Waals surface area contributed by atoms with Crippen molar-refractivity contribution in [3.63, 3.8) is 0 Å². The molecule has 0 saturated carbocycles. The predicted molar refractivity (Wildman–Crippen MR) is 117 cm³/mol. The van der Waals surface area contributed by atoms with Gasteiger partial charge in [0.1, 0.15) is 5.54 Å². The first kappa shape index (κ1) is 19.5. The fourth-order valence-corrected chi connectivity index (χ4v) is 4.71. The third kappa shape index (κ3) is 3.06. The van der Waals surface area contributed by atoms with E-state index in [9.17, 15) is 4.79 Å². The summed E-state index contributed by atoms with van der Waals surface area (Å²) >= 11 is 15.9. The number of hydrogen-bond donors (Lipinski definition) is 0. The fourth-order valence-electron chi connectivity index (χ4n) is 3.94. The van der Waals surface area contributed by atoms with Crippen LogP contribution >= 0.6 is 39.1 Å². The lowest BCUT2D eigenvalue weighted by Crippen LogP contribution is -2.43. The van der Waals surface area contributed by atoms with Gasteiger partial charge in [-0.05, 0) is 49.2 Å². The van der Waals surface area contributed by atoms with Crippen molar-refractivity contribution in [1.82, 2.24) is 9.55 Å². The number of fused-ring (bicyclic) bond motifs is 1. The van der Waals surface area contributed by atoms with Crippen molar-refractivity contribution in [3.05, 3.63) is 74.4 Å². The maximum absolute atomic E-state index is 13.8. The number of carbonyl (C=O) groups excluding carboxylic acids is 1. The number of nitrogens with zero attached hydrogens (tertiary/aromatic N) is 3. The highest BCUT2D eigenvalue weighted by molar-refractivity contribution is 9.10. The Morgan fingerprint density at radius 2 is 1.75 bits per heavy atom. The maximum atomic E-state index is 13.8. The second-order valence-corrected chi connectivity index (χ2v) is 8.78. The molecule has 7 heteroatoms. The molecular formula is C21H18BrCl2N3O. The van der Waals surface area contributed by atoms with Crippen LogP contribution in [-0.2, 0) is 16.8 Å². The van der Waals surface area contributed by atoms with Crippen LogP contribution in [0.4, 0.5) is 11.6 Å². The minimum atomic E-state index is -0.751. The molecule has 4 nitrogen and oxygen atoms in total. The molecule has 28 heavy (non-hydrogen) atoms. The third-order valence-electron chi connectivity index (χ3n) is 5.25. The number of carbonyl (C=O) groups is 1. The van der Waals surface area contributed by atoms with Crippen molar-refractivity contribution in [1.29, 1.82) is 0 Å². The van der Waals surface area contributed by atoms with Gasteiger partial charge in [-0.2, -0.15) is 0 Å². The number of imidazole rings is 1. The zero-order valence-corrected chi connectivity index (χ0v) is 18.5. The van der Waals surface area contributed by atoms with E-state index in [0.717, 1.165) is 15.7 Å². The summed E-state index contributed by atoms with van der Waals surface area (Å²) in [4.78, 5) is 20.0. The Labute approximate surface area is 182 Å². The second kappa shape index (κ2) is 7.21. The van der Waals surface area contributed by atoms with Crippen molar-refractivity contribution in [2.24, 2.45) is 0 Å². The molecule has 1 aliphatic heterocycles. The standard InChI is InChI=1S/C21H18BrCl2N3O/c1-3-21(11-14-4-6-15(22)7-5-14)19(28)26(20-25-12-13(2)27(20)21)18-9-16(23)8-17(24)10-18/h4-10,12H,3,11H2,1-2H3. The number of halogens is 3. The molecule has 1 unspecified atom stereocenters. The largest absolute Gasteiger partial charge is 0.299 e. The van der Waals surface area contributed by atoms with Crippen LogP contribution in [0.5, 0.6) is 0 Å². The van der Waals surface area contributed by atoms with Crippen LogP contribution in [0.3, 0.4) is 0 Å². The molecular weight excluding hydrogens is 461 g/mol. The van der Waals surface area contributed by atoms with Gasteiger partial charge in [0.25, 0.3) is 5.91 Å². The minimum Gasteiger partial charge on any atom is -0.299 e. The second-order valence-electron chi connectivity index (χ2n) is 6.99. The topological polar surface area (TPSA) is 38.1 Å². The lowest BCUT2D eigenvalue weighted by molar-refractivity contribution is -0.124. The van der Waals surface area contributed by atoms with Crippen LogP contribution in [0.15, 0.2) is 53.1 Å². The molecule has 4 rings (SSSR count). The van der Waals surface area contributed by atoms with E-state index in [1.807, 2.05) is 42.7 Å². The zero-order chi connectivity index (χ0) is 20.1. The van der Waals surface area contributed by atoms with Gasteiger partial charge in [0.05, 0.1) is 11.9 Å². The number of hydrogen-bond acceptors (Lipinski definition) is 2. The van der Waals surface area contributed by atoms with Gasteiger partial charge in [-0.1, -0.05) is 58.2 Å². The van der Waals surface area contributed by atoms with Gasteiger partial charge in [0.15, 0.2) is 0 Å². The summed E-state index contributed by atoms with van der Waals surface area (Å²) < 4.78 is 3.06. The molecule has 0 fully saturated rings. The molecule has 1 amide bonds. The van der Waals surface area contributed by atoms with Crippen LogP contribution in [-0.4, -0.2) is 15.5 Å². The van der Waals surface area contributed by atoms with E-state index < -0.39 is 5.54 Å². The van der Waals surface area contributed by atoms with Crippen LogP contribution in [0.2, 0.25) is 10.0 Å². The van der Waals surface area contributed by atoms with Crippen molar-refractivity contribution in [2.45, 2.75) is 32.2 Å². The molecule has 144 valence electrons. The van der Waals surface area contributed by atoms with E-state index in [0.29, 0.717) is 34.5 Å². The van der Waals surface area contributed by atoms with Crippen molar-refractivity contribution >= 4 is 56.7 Å². The molecule has 0 N–H and O–H groups in total. The summed E-state index contributed by atoms with van der Waals surface area (Å²) in [7, 11) is 0. The molecule has 0 bridgehead atoms. The Hall–Kier alpha value is -1.82. The van der Waals surface area contributed by atoms with Gasteiger partial charge in [0.2, 0.25) is 5.95 Å². The Bertz CT molecular complexity index is 1040. The molecule has 2 heterocycles. The number of anilines is 2. The fraction of sp³-hybridized carbons (Fsp3) is 0.238. The molecule has 1 aliphatic rings. The first-order chi connectivity index (χ1) is 13.4. The highest BCUT2D eigenvalue weighted by Crippen LogP contribution is 2.45. The molecule has 1 atom stereocenters. The van der Waals surface area contributed by atoms with Gasteiger partial charge in [-0.3, -0.25) is 9.36 Å². The summed E-state index contributed by atoms with van der Waals surface area (Å²) in [5.41, 5.74) is 1.90. The van der Waals surface area contributed by atoms with Crippen LogP contribution in [0.1, 0.15) is 24.6 Å². The van der Waals surface area contributed by atoms with E-state index in [4.69, 9.17) is 23.2 Å². The number of benzene rings is 2. The monoisotopic (exact) mass is 477 g/mol. The summed E-state index contributed by atoms with van der Waals surface area (Å²) in [6.07, 6.45) is 3.01. The van der Waals surface area contributed by atoms with E-state index >= 15 is 0 Å². The molecule has 0 radical (unpaired) electrons. The zero-order valence-electron chi connectivity index (χ0n) is 15.4. The summed E-state index contributed by atoms with van der Waals surface area (Å²) in [6.45, 7) is 4.01. The van der Waals surface area contributed by atoms with E-state index in [1.54, 1.807) is 29.3 Å². The van der Waals surface area contributed by atoms with Gasteiger partial charge in [0, 0.05) is 26.6 Å². The molecule has 1 aromatic heterocycles. The van der Waals surface area contributed by atoms with Crippen molar-refractivity contribution < 1.29 is 4.79 Å². The Balaban J connectivity index is 1.87. The average Bonchev–Trinajstić information content (AvgIpc) is 3.13. The van der Waals surface area contributed by atoms with Gasteiger partial charge in [-0.15, -0.1) is 0 Å². The summed E-state index contributed by atoms with van der Waals surface area (Å²) in [6, 6.07) is 13.2. The third-order valence-corrected chi connectivity index (χ3v) is 6.21. The van der Waals surface area contributed by atoms with Crippen LogP contribution < -0.4 is 4.90 Å². The molecule has 2 aromatic carbocycles. The molecule has 0 saturated heterocycles. The van der Waals surface area contributed by atoms with Crippen molar-refractivity contribution in [2.75, 3.05) is 4.90 Å². The number of aryl methyl sites for hydroxylation is 1. The highest BCUT2D eigenvalue weighted by Gasteiger charge is 2.51. The Kier molecular flexibility index (Phi) is 5.02. The molecule has 0 aliphatic carbocycles. The Morgan fingerprint density at radius 1 is 1.11 bits per heavy atom. The van der Waals surface area contributed by atoms with Gasteiger partial charge >= 0.3 is 0 Å². The smallest absolute Gasteiger partial charge is 0.260 e.